The van der Waals surface area contributed by atoms with Gasteiger partial charge in [0.15, 0.2) is 5.76 Å². The Bertz CT molecular complexity index is 1480. The Labute approximate surface area is 213 Å². The fourth-order valence-electron chi connectivity index (χ4n) is 4.34. The molecule has 1 aromatic heterocycles. The third-order valence-electron chi connectivity index (χ3n) is 6.13. The lowest BCUT2D eigenvalue weighted by molar-refractivity contribution is 0.101. The van der Waals surface area contributed by atoms with Crippen molar-refractivity contribution in [3.05, 3.63) is 92.8 Å². The first kappa shape index (κ1) is 23.3. The van der Waals surface area contributed by atoms with Gasteiger partial charge in [0.1, 0.15) is 23.9 Å². The SMILES string of the molecule is CCn1cc(/C=C2\Oc3cc(OCc4c(Cl)cccc4Cl)cc(C)c3C2=O)c2cc(OC)ccc21. The number of allylic oxidation sites excluding steroid dienone is 1. The zero-order chi connectivity index (χ0) is 24.7. The van der Waals surface area contributed by atoms with Crippen molar-refractivity contribution in [2.45, 2.75) is 27.0 Å². The van der Waals surface area contributed by atoms with Crippen LogP contribution in [0.2, 0.25) is 10.0 Å². The van der Waals surface area contributed by atoms with Crippen LogP contribution < -0.4 is 14.2 Å². The first-order chi connectivity index (χ1) is 16.9. The van der Waals surface area contributed by atoms with E-state index < -0.39 is 0 Å². The van der Waals surface area contributed by atoms with E-state index in [0.29, 0.717) is 32.7 Å². The number of methoxy groups -OCH3 is 1. The van der Waals surface area contributed by atoms with Gasteiger partial charge in [-0.05, 0) is 61.9 Å². The molecule has 178 valence electrons. The molecule has 7 heteroatoms. The smallest absolute Gasteiger partial charge is 0.232 e. The van der Waals surface area contributed by atoms with Crippen molar-refractivity contribution in [2.75, 3.05) is 7.11 Å². The number of aryl methyl sites for hydroxylation is 2. The second kappa shape index (κ2) is 9.33. The minimum absolute atomic E-state index is 0.154. The van der Waals surface area contributed by atoms with Gasteiger partial charge in [-0.2, -0.15) is 0 Å². The number of carbonyl (C=O) groups is 1. The Morgan fingerprint density at radius 1 is 1.06 bits per heavy atom. The van der Waals surface area contributed by atoms with E-state index in [1.807, 2.05) is 37.4 Å². The van der Waals surface area contributed by atoms with Crippen molar-refractivity contribution < 1.29 is 19.0 Å². The molecule has 0 amide bonds. The van der Waals surface area contributed by atoms with Crippen LogP contribution in [0.15, 0.2) is 60.5 Å². The standard InChI is InChI=1S/C28H23Cl2NO4/c1-4-31-14-17(20-12-18(33-3)8-9-24(20)31)11-26-28(32)27-16(2)10-19(13-25(27)35-26)34-15-21-22(29)6-5-7-23(21)30/h5-14H,4,15H2,1-3H3/b26-11-. The first-order valence-electron chi connectivity index (χ1n) is 11.2. The molecule has 0 saturated carbocycles. The summed E-state index contributed by atoms with van der Waals surface area (Å²) in [5, 5.41) is 2.06. The molecular weight excluding hydrogens is 485 g/mol. The Morgan fingerprint density at radius 3 is 2.54 bits per heavy atom. The van der Waals surface area contributed by atoms with Crippen LogP contribution in [0, 0.1) is 6.92 Å². The predicted octanol–water partition coefficient (Wildman–Crippen LogP) is 7.48. The number of ketones is 1. The minimum Gasteiger partial charge on any atom is -0.497 e. The molecular formula is C28H23Cl2NO4. The molecule has 3 aromatic carbocycles. The average Bonchev–Trinajstić information content (AvgIpc) is 3.35. The van der Waals surface area contributed by atoms with Crippen molar-refractivity contribution in [1.82, 2.24) is 4.57 Å². The van der Waals surface area contributed by atoms with E-state index in [2.05, 4.69) is 11.5 Å². The molecule has 0 atom stereocenters. The maximum absolute atomic E-state index is 13.2. The molecule has 0 aliphatic carbocycles. The van der Waals surface area contributed by atoms with E-state index in [4.69, 9.17) is 37.4 Å². The number of benzene rings is 3. The van der Waals surface area contributed by atoms with Crippen LogP contribution in [-0.2, 0) is 13.2 Å². The van der Waals surface area contributed by atoms with Gasteiger partial charge < -0.3 is 18.8 Å². The molecule has 1 aliphatic heterocycles. The maximum Gasteiger partial charge on any atom is 0.232 e. The number of nitrogens with zero attached hydrogens (tertiary/aromatic N) is 1. The highest BCUT2D eigenvalue weighted by Crippen LogP contribution is 2.39. The van der Waals surface area contributed by atoms with Gasteiger partial charge in [0.2, 0.25) is 5.78 Å². The lowest BCUT2D eigenvalue weighted by Gasteiger charge is -2.11. The third-order valence-corrected chi connectivity index (χ3v) is 6.84. The summed E-state index contributed by atoms with van der Waals surface area (Å²) in [4.78, 5) is 13.2. The Morgan fingerprint density at radius 2 is 1.83 bits per heavy atom. The van der Waals surface area contributed by atoms with Crippen LogP contribution in [0.4, 0.5) is 0 Å². The van der Waals surface area contributed by atoms with E-state index in [1.165, 1.54) is 0 Å². The molecule has 0 N–H and O–H groups in total. The van der Waals surface area contributed by atoms with Crippen molar-refractivity contribution in [3.8, 4) is 17.2 Å². The average molecular weight is 508 g/mol. The Balaban J connectivity index is 1.46. The van der Waals surface area contributed by atoms with E-state index in [9.17, 15) is 4.79 Å². The number of halogens is 2. The van der Waals surface area contributed by atoms with Crippen molar-refractivity contribution in [3.63, 3.8) is 0 Å². The lowest BCUT2D eigenvalue weighted by Crippen LogP contribution is -2.00. The number of hydrogen-bond acceptors (Lipinski definition) is 4. The summed E-state index contributed by atoms with van der Waals surface area (Å²) in [5.41, 5.74) is 3.96. The van der Waals surface area contributed by atoms with Crippen molar-refractivity contribution >= 4 is 46.0 Å². The summed E-state index contributed by atoms with van der Waals surface area (Å²) >= 11 is 12.5. The van der Waals surface area contributed by atoms with E-state index in [0.717, 1.165) is 34.3 Å². The summed E-state index contributed by atoms with van der Waals surface area (Å²) in [5.74, 6) is 1.91. The van der Waals surface area contributed by atoms with Gasteiger partial charge >= 0.3 is 0 Å². The van der Waals surface area contributed by atoms with Crippen LogP contribution in [-0.4, -0.2) is 17.5 Å². The topological polar surface area (TPSA) is 49.7 Å². The van der Waals surface area contributed by atoms with Gasteiger partial charge in [0.25, 0.3) is 0 Å². The Kier molecular flexibility index (Phi) is 6.22. The highest BCUT2D eigenvalue weighted by Gasteiger charge is 2.30. The van der Waals surface area contributed by atoms with Crippen molar-refractivity contribution in [2.24, 2.45) is 0 Å². The van der Waals surface area contributed by atoms with Gasteiger partial charge in [-0.15, -0.1) is 0 Å². The quantitative estimate of drug-likeness (QED) is 0.254. The molecule has 4 aromatic rings. The van der Waals surface area contributed by atoms with E-state index >= 15 is 0 Å². The molecule has 5 nitrogen and oxygen atoms in total. The summed E-state index contributed by atoms with van der Waals surface area (Å²) in [6, 6.07) is 14.8. The largest absolute Gasteiger partial charge is 0.497 e. The molecule has 0 radical (unpaired) electrons. The van der Waals surface area contributed by atoms with Gasteiger partial charge in [0.05, 0.1) is 12.7 Å². The van der Waals surface area contributed by atoms with Gasteiger partial charge in [-0.25, -0.2) is 0 Å². The van der Waals surface area contributed by atoms with Gasteiger partial charge in [-0.1, -0.05) is 29.3 Å². The van der Waals surface area contributed by atoms with Crippen molar-refractivity contribution in [1.29, 1.82) is 0 Å². The monoisotopic (exact) mass is 507 g/mol. The third kappa shape index (κ3) is 4.26. The predicted molar refractivity (Wildman–Crippen MR) is 139 cm³/mol. The van der Waals surface area contributed by atoms with Crippen LogP contribution in [0.3, 0.4) is 0 Å². The second-order valence-electron chi connectivity index (χ2n) is 8.30. The molecule has 0 fully saturated rings. The molecule has 0 bridgehead atoms. The normalized spacial score (nSPS) is 13.9. The van der Waals surface area contributed by atoms with Gasteiger partial charge in [-0.3, -0.25) is 4.79 Å². The maximum atomic E-state index is 13.2. The fraction of sp³-hybridized carbons (Fsp3) is 0.179. The first-order valence-corrected chi connectivity index (χ1v) is 12.0. The molecule has 1 aliphatic rings. The van der Waals surface area contributed by atoms with Crippen LogP contribution in [0.25, 0.3) is 17.0 Å². The summed E-state index contributed by atoms with van der Waals surface area (Å²) in [6.45, 7) is 4.95. The van der Waals surface area contributed by atoms with Crippen LogP contribution in [0.1, 0.15) is 34.0 Å². The van der Waals surface area contributed by atoms with Crippen LogP contribution in [0.5, 0.6) is 17.2 Å². The Hall–Kier alpha value is -3.41. The summed E-state index contributed by atoms with van der Waals surface area (Å²) < 4.78 is 19.5. The molecule has 0 saturated heterocycles. The summed E-state index contributed by atoms with van der Waals surface area (Å²) in [7, 11) is 1.64. The number of aromatic nitrogens is 1. The molecule has 0 spiro atoms. The molecule has 5 rings (SSSR count). The zero-order valence-electron chi connectivity index (χ0n) is 19.5. The number of fused-ring (bicyclic) bond motifs is 2. The number of carbonyl (C=O) groups excluding carboxylic acids is 1. The lowest BCUT2D eigenvalue weighted by atomic mass is 10.0. The van der Waals surface area contributed by atoms with E-state index in [1.54, 1.807) is 37.5 Å². The summed E-state index contributed by atoms with van der Waals surface area (Å²) in [6.07, 6.45) is 3.81. The second-order valence-corrected chi connectivity index (χ2v) is 9.11. The minimum atomic E-state index is -0.154. The number of hydrogen-bond donors (Lipinski definition) is 0. The van der Waals surface area contributed by atoms with E-state index in [-0.39, 0.29) is 18.1 Å². The number of ether oxygens (including phenoxy) is 3. The molecule has 35 heavy (non-hydrogen) atoms. The highest BCUT2D eigenvalue weighted by molar-refractivity contribution is 6.35. The highest BCUT2D eigenvalue weighted by atomic mass is 35.5. The zero-order valence-corrected chi connectivity index (χ0v) is 21.0. The number of Topliss-reactive ketones (excluding diaryl/α,β-unsaturated/α-hetero) is 1. The fourth-order valence-corrected chi connectivity index (χ4v) is 4.84. The van der Waals surface area contributed by atoms with Crippen LogP contribution >= 0.6 is 23.2 Å². The van der Waals surface area contributed by atoms with Gasteiger partial charge in [0, 0.05) is 50.9 Å². The molecule has 0 unspecified atom stereocenters. The number of rotatable bonds is 6. The molecule has 2 heterocycles.